The fourth-order valence-electron chi connectivity index (χ4n) is 0.916. The minimum atomic E-state index is -3.16. The van der Waals surface area contributed by atoms with E-state index in [4.69, 9.17) is 10.1 Å². The Kier molecular flexibility index (Phi) is 6.25. The minimum Gasteiger partial charge on any atom is -0.448 e. The number of amides is 2. The van der Waals surface area contributed by atoms with E-state index in [1.54, 1.807) is 0 Å². The molecule has 0 fully saturated rings. The first-order valence-corrected chi connectivity index (χ1v) is 7.05. The molecular weight excluding hydrogens is 237 g/mol. The zero-order valence-corrected chi connectivity index (χ0v) is 10.1. The smallest absolute Gasteiger partial charge is 0.441 e. The standard InChI is InChI=1S/C8H16NO6P/c1-3-15-8(11)9(12)7(10)5-4-6-16(2,13)14/h12H,3-6H2,1-2H3,(H,13,14). The van der Waals surface area contributed by atoms with Gasteiger partial charge in [-0.15, -0.1) is 5.06 Å². The average molecular weight is 253 g/mol. The zero-order valence-electron chi connectivity index (χ0n) is 9.25. The molecule has 0 saturated carbocycles. The Hall–Kier alpha value is -0.910. The van der Waals surface area contributed by atoms with Crippen LogP contribution < -0.4 is 0 Å². The number of hydrogen-bond donors (Lipinski definition) is 2. The normalized spacial score (nSPS) is 14.0. The van der Waals surface area contributed by atoms with E-state index in [-0.39, 0.29) is 30.7 Å². The van der Waals surface area contributed by atoms with Crippen molar-refractivity contribution < 1.29 is 29.0 Å². The second-order valence-electron chi connectivity index (χ2n) is 3.28. The molecule has 7 nitrogen and oxygen atoms in total. The molecule has 2 N–H and O–H groups in total. The van der Waals surface area contributed by atoms with E-state index >= 15 is 0 Å². The Morgan fingerprint density at radius 2 is 2.00 bits per heavy atom. The van der Waals surface area contributed by atoms with Crippen LogP contribution >= 0.6 is 7.37 Å². The molecule has 0 aliphatic heterocycles. The fraction of sp³-hybridized carbons (Fsp3) is 0.750. The van der Waals surface area contributed by atoms with Gasteiger partial charge in [0.15, 0.2) is 7.37 Å². The molecule has 0 aromatic carbocycles. The molecule has 0 aromatic heterocycles. The maximum absolute atomic E-state index is 11.1. The quantitative estimate of drug-likeness (QED) is 0.431. The summed E-state index contributed by atoms with van der Waals surface area (Å²) in [7, 11) is -3.16. The molecule has 0 radical (unpaired) electrons. The lowest BCUT2D eigenvalue weighted by Crippen LogP contribution is -2.34. The molecule has 1 unspecified atom stereocenters. The van der Waals surface area contributed by atoms with Crippen LogP contribution in [0.15, 0.2) is 0 Å². The van der Waals surface area contributed by atoms with E-state index in [1.807, 2.05) is 0 Å². The molecule has 8 heteroatoms. The zero-order chi connectivity index (χ0) is 12.8. The van der Waals surface area contributed by atoms with Crippen molar-refractivity contribution in [3.63, 3.8) is 0 Å². The molecule has 0 bridgehead atoms. The highest BCUT2D eigenvalue weighted by Crippen LogP contribution is 2.35. The van der Waals surface area contributed by atoms with E-state index in [1.165, 1.54) is 13.6 Å². The molecule has 16 heavy (non-hydrogen) atoms. The lowest BCUT2D eigenvalue weighted by atomic mass is 10.3. The Balaban J connectivity index is 3.98. The van der Waals surface area contributed by atoms with Crippen LogP contribution in [-0.4, -0.2) is 46.6 Å². The number of carbonyl (C=O) groups excluding carboxylic acids is 2. The van der Waals surface area contributed by atoms with Gasteiger partial charge < -0.3 is 9.63 Å². The van der Waals surface area contributed by atoms with E-state index < -0.39 is 19.4 Å². The van der Waals surface area contributed by atoms with Gasteiger partial charge in [-0.2, -0.15) is 0 Å². The summed E-state index contributed by atoms with van der Waals surface area (Å²) < 4.78 is 15.3. The lowest BCUT2D eigenvalue weighted by Gasteiger charge is -2.12. The summed E-state index contributed by atoms with van der Waals surface area (Å²) in [5, 5.41) is 8.90. The maximum atomic E-state index is 11.1. The highest BCUT2D eigenvalue weighted by molar-refractivity contribution is 7.57. The summed E-state index contributed by atoms with van der Waals surface area (Å²) in [6.07, 6.45) is -1.24. The van der Waals surface area contributed by atoms with Crippen molar-refractivity contribution in [3.05, 3.63) is 0 Å². The molecule has 0 aliphatic rings. The molecule has 0 heterocycles. The van der Waals surface area contributed by atoms with Crippen LogP contribution in [0.5, 0.6) is 0 Å². The van der Waals surface area contributed by atoms with Gasteiger partial charge in [-0.25, -0.2) is 4.79 Å². The molecule has 0 saturated heterocycles. The number of hydrogen-bond acceptors (Lipinski definition) is 5. The summed E-state index contributed by atoms with van der Waals surface area (Å²) >= 11 is 0. The predicted molar refractivity (Wildman–Crippen MR) is 55.5 cm³/mol. The summed E-state index contributed by atoms with van der Waals surface area (Å²) in [5.41, 5.74) is 0. The molecule has 0 spiro atoms. The summed E-state index contributed by atoms with van der Waals surface area (Å²) in [6.45, 7) is 2.76. The van der Waals surface area contributed by atoms with E-state index in [0.717, 1.165) is 0 Å². The van der Waals surface area contributed by atoms with Crippen molar-refractivity contribution in [2.24, 2.45) is 0 Å². The fourth-order valence-corrected chi connectivity index (χ4v) is 1.66. The number of carbonyl (C=O) groups is 2. The topological polar surface area (TPSA) is 104 Å². The van der Waals surface area contributed by atoms with Gasteiger partial charge in [0.2, 0.25) is 0 Å². The third kappa shape index (κ3) is 6.55. The number of rotatable bonds is 5. The first-order valence-electron chi connectivity index (χ1n) is 4.75. The van der Waals surface area contributed by atoms with E-state index in [0.29, 0.717) is 0 Å². The van der Waals surface area contributed by atoms with Crippen molar-refractivity contribution >= 4 is 19.4 Å². The highest BCUT2D eigenvalue weighted by Gasteiger charge is 2.21. The van der Waals surface area contributed by atoms with Gasteiger partial charge >= 0.3 is 6.09 Å². The first kappa shape index (κ1) is 15.1. The maximum Gasteiger partial charge on any atom is 0.441 e. The second-order valence-corrected chi connectivity index (χ2v) is 5.83. The molecular formula is C8H16NO6P. The van der Waals surface area contributed by atoms with Crippen molar-refractivity contribution in [2.75, 3.05) is 19.4 Å². The Morgan fingerprint density at radius 3 is 2.44 bits per heavy atom. The minimum absolute atomic E-state index is 0.0323. The van der Waals surface area contributed by atoms with E-state index in [9.17, 15) is 14.2 Å². The van der Waals surface area contributed by atoms with Crippen LogP contribution in [0.25, 0.3) is 0 Å². The van der Waals surface area contributed by atoms with Gasteiger partial charge in [-0.1, -0.05) is 0 Å². The molecule has 94 valence electrons. The van der Waals surface area contributed by atoms with Crippen LogP contribution in [-0.2, 0) is 14.1 Å². The van der Waals surface area contributed by atoms with Gasteiger partial charge in [-0.05, 0) is 13.3 Å². The SMILES string of the molecule is CCOC(=O)N(O)C(=O)CCCP(C)(=O)O. The van der Waals surface area contributed by atoms with Gasteiger partial charge in [0.05, 0.1) is 6.61 Å². The van der Waals surface area contributed by atoms with Crippen molar-refractivity contribution in [1.82, 2.24) is 5.06 Å². The molecule has 0 aliphatic carbocycles. The van der Waals surface area contributed by atoms with Crippen LogP contribution in [0.2, 0.25) is 0 Å². The third-order valence-corrected chi connectivity index (χ3v) is 2.79. The third-order valence-electron chi connectivity index (χ3n) is 1.64. The van der Waals surface area contributed by atoms with Crippen LogP contribution in [0.4, 0.5) is 4.79 Å². The van der Waals surface area contributed by atoms with Gasteiger partial charge in [0.25, 0.3) is 5.91 Å². The largest absolute Gasteiger partial charge is 0.448 e. The van der Waals surface area contributed by atoms with Crippen LogP contribution in [0.1, 0.15) is 19.8 Å². The molecule has 0 aromatic rings. The predicted octanol–water partition coefficient (Wildman–Crippen LogP) is 1.04. The van der Waals surface area contributed by atoms with Gasteiger partial charge in [0, 0.05) is 19.2 Å². The summed E-state index contributed by atoms with van der Waals surface area (Å²) in [6, 6.07) is 0. The van der Waals surface area contributed by atoms with Crippen molar-refractivity contribution in [3.8, 4) is 0 Å². The number of imide groups is 1. The Morgan fingerprint density at radius 1 is 1.44 bits per heavy atom. The summed E-state index contributed by atoms with van der Waals surface area (Å²) in [4.78, 5) is 31.0. The van der Waals surface area contributed by atoms with Gasteiger partial charge in [-0.3, -0.25) is 14.6 Å². The Bertz CT molecular complexity index is 299. The van der Waals surface area contributed by atoms with Crippen molar-refractivity contribution in [2.45, 2.75) is 19.8 Å². The molecule has 0 rings (SSSR count). The molecule has 2 amide bonds. The van der Waals surface area contributed by atoms with Gasteiger partial charge in [0.1, 0.15) is 0 Å². The van der Waals surface area contributed by atoms with E-state index in [2.05, 4.69) is 4.74 Å². The molecule has 1 atom stereocenters. The number of ether oxygens (including phenoxy) is 1. The average Bonchev–Trinajstić information content (AvgIpc) is 2.14. The number of nitrogens with zero attached hydrogens (tertiary/aromatic N) is 1. The lowest BCUT2D eigenvalue weighted by molar-refractivity contribution is -0.157. The first-order chi connectivity index (χ1) is 7.28. The monoisotopic (exact) mass is 253 g/mol. The second kappa shape index (κ2) is 6.62. The highest BCUT2D eigenvalue weighted by atomic mass is 31.2. The number of hydroxylamine groups is 2. The Labute approximate surface area is 93.4 Å². The summed E-state index contributed by atoms with van der Waals surface area (Å²) in [5.74, 6) is -0.855. The van der Waals surface area contributed by atoms with Crippen molar-refractivity contribution in [1.29, 1.82) is 0 Å². The van der Waals surface area contributed by atoms with Crippen LogP contribution in [0, 0.1) is 0 Å². The van der Waals surface area contributed by atoms with Crippen LogP contribution in [0.3, 0.4) is 0 Å².